The molecule has 0 unspecified atom stereocenters. The van der Waals surface area contributed by atoms with Crippen molar-refractivity contribution in [1.29, 1.82) is 0 Å². The number of nitrogens with zero attached hydrogens (tertiary/aromatic N) is 1. The molecule has 2 rings (SSSR count). The summed E-state index contributed by atoms with van der Waals surface area (Å²) in [6.45, 7) is 7.49. The van der Waals surface area contributed by atoms with E-state index in [0.29, 0.717) is 32.2 Å². The van der Waals surface area contributed by atoms with E-state index in [1.54, 1.807) is 27.7 Å². The molecule has 7 heteroatoms. The third-order valence-electron chi connectivity index (χ3n) is 4.90. The number of carboxylic acid groups (broad SMARTS) is 1. The van der Waals surface area contributed by atoms with E-state index in [-0.39, 0.29) is 5.91 Å². The van der Waals surface area contributed by atoms with Gasteiger partial charge in [-0.15, -0.1) is 0 Å². The summed E-state index contributed by atoms with van der Waals surface area (Å²) in [7, 11) is 0. The highest BCUT2D eigenvalue weighted by Crippen LogP contribution is 2.19. The van der Waals surface area contributed by atoms with Crippen LogP contribution in [0.15, 0.2) is 30.3 Å². The molecule has 0 aromatic heterocycles. The van der Waals surface area contributed by atoms with Crippen molar-refractivity contribution in [2.45, 2.75) is 77.1 Å². The van der Waals surface area contributed by atoms with Crippen molar-refractivity contribution in [2.24, 2.45) is 0 Å². The Hall–Kier alpha value is -2.41. The topological polar surface area (TPSA) is 95.9 Å². The number of amides is 1. The van der Waals surface area contributed by atoms with Crippen LogP contribution in [0.1, 0.15) is 52.5 Å². The van der Waals surface area contributed by atoms with E-state index < -0.39 is 35.7 Å². The van der Waals surface area contributed by atoms with E-state index in [0.717, 1.165) is 5.56 Å². The molecule has 1 aliphatic heterocycles. The van der Waals surface area contributed by atoms with Crippen molar-refractivity contribution >= 4 is 17.8 Å². The Labute approximate surface area is 172 Å². The first-order valence-electron chi connectivity index (χ1n) is 10.1. The fourth-order valence-corrected chi connectivity index (χ4v) is 3.51. The van der Waals surface area contributed by atoms with Gasteiger partial charge in [-0.2, -0.15) is 0 Å². The van der Waals surface area contributed by atoms with Crippen LogP contribution in [0.3, 0.4) is 0 Å². The van der Waals surface area contributed by atoms with Gasteiger partial charge in [0.25, 0.3) is 0 Å². The average molecular weight is 405 g/mol. The summed E-state index contributed by atoms with van der Waals surface area (Å²) < 4.78 is 5.53. The summed E-state index contributed by atoms with van der Waals surface area (Å²) in [5, 5.41) is 12.4. The molecule has 7 nitrogen and oxygen atoms in total. The third kappa shape index (κ3) is 6.85. The summed E-state index contributed by atoms with van der Waals surface area (Å²) in [6, 6.07) is 7.64. The Morgan fingerprint density at radius 3 is 2.48 bits per heavy atom. The van der Waals surface area contributed by atoms with Crippen molar-refractivity contribution < 1.29 is 24.2 Å². The molecule has 1 amide bonds. The quantitative estimate of drug-likeness (QED) is 0.646. The van der Waals surface area contributed by atoms with Crippen LogP contribution in [-0.2, 0) is 25.5 Å². The molecule has 0 radical (unpaired) electrons. The number of esters is 1. The Balaban J connectivity index is 2.07. The SMILES string of the molecule is C[C@H](N[C@@H](CCc1ccccc1)C(=O)OC(C)(C)C)C(=O)N1CCC[C@H]1C(=O)O. The lowest BCUT2D eigenvalue weighted by molar-refractivity contribution is -0.158. The maximum Gasteiger partial charge on any atom is 0.326 e. The minimum absolute atomic E-state index is 0.303. The monoisotopic (exact) mass is 404 g/mol. The normalized spacial score (nSPS) is 18.9. The largest absolute Gasteiger partial charge is 0.480 e. The van der Waals surface area contributed by atoms with Crippen LogP contribution >= 0.6 is 0 Å². The molecular weight excluding hydrogens is 372 g/mol. The number of carbonyl (C=O) groups excluding carboxylic acids is 2. The van der Waals surface area contributed by atoms with Crippen LogP contribution in [0.25, 0.3) is 0 Å². The Bertz CT molecular complexity index is 714. The van der Waals surface area contributed by atoms with Crippen LogP contribution in [0.4, 0.5) is 0 Å². The number of hydrogen-bond acceptors (Lipinski definition) is 5. The number of benzene rings is 1. The number of carbonyl (C=O) groups is 3. The van der Waals surface area contributed by atoms with Crippen LogP contribution < -0.4 is 5.32 Å². The molecule has 0 saturated carbocycles. The molecule has 0 spiro atoms. The van der Waals surface area contributed by atoms with Gasteiger partial charge in [0.1, 0.15) is 17.7 Å². The molecule has 0 bridgehead atoms. The van der Waals surface area contributed by atoms with Gasteiger partial charge in [0, 0.05) is 6.54 Å². The molecule has 160 valence electrons. The van der Waals surface area contributed by atoms with E-state index in [2.05, 4.69) is 5.32 Å². The summed E-state index contributed by atoms with van der Waals surface area (Å²) in [4.78, 5) is 38.3. The molecule has 1 aromatic carbocycles. The zero-order valence-corrected chi connectivity index (χ0v) is 17.7. The molecule has 1 heterocycles. The van der Waals surface area contributed by atoms with Gasteiger partial charge in [-0.1, -0.05) is 30.3 Å². The van der Waals surface area contributed by atoms with Gasteiger partial charge in [0.15, 0.2) is 0 Å². The van der Waals surface area contributed by atoms with Gasteiger partial charge in [0.05, 0.1) is 6.04 Å². The second kappa shape index (κ2) is 9.87. The number of carboxylic acids is 1. The molecule has 1 aliphatic rings. The predicted octanol–water partition coefficient (Wildman–Crippen LogP) is 2.38. The van der Waals surface area contributed by atoms with Gasteiger partial charge < -0.3 is 14.7 Å². The van der Waals surface area contributed by atoms with Crippen molar-refractivity contribution in [3.63, 3.8) is 0 Å². The molecule has 29 heavy (non-hydrogen) atoms. The van der Waals surface area contributed by atoms with Gasteiger partial charge in [0.2, 0.25) is 5.91 Å². The van der Waals surface area contributed by atoms with Crippen molar-refractivity contribution in [3.05, 3.63) is 35.9 Å². The Morgan fingerprint density at radius 2 is 1.90 bits per heavy atom. The number of ether oxygens (including phenoxy) is 1. The highest BCUT2D eigenvalue weighted by Gasteiger charge is 2.37. The van der Waals surface area contributed by atoms with Crippen molar-refractivity contribution in [2.75, 3.05) is 6.54 Å². The lowest BCUT2D eigenvalue weighted by Crippen LogP contribution is -2.53. The first-order chi connectivity index (χ1) is 13.6. The number of rotatable bonds is 8. The van der Waals surface area contributed by atoms with Crippen molar-refractivity contribution in [3.8, 4) is 0 Å². The minimum Gasteiger partial charge on any atom is -0.480 e. The third-order valence-corrected chi connectivity index (χ3v) is 4.90. The first-order valence-corrected chi connectivity index (χ1v) is 10.1. The zero-order chi connectivity index (χ0) is 21.6. The maximum atomic E-state index is 12.8. The standard InChI is InChI=1S/C22H32N2O5/c1-15(19(25)24-14-8-11-18(24)20(26)27)23-17(21(28)29-22(2,3)4)13-12-16-9-6-5-7-10-16/h5-7,9-10,15,17-18,23H,8,11-14H2,1-4H3,(H,26,27)/t15-,17-,18-/m0/s1. The fourth-order valence-electron chi connectivity index (χ4n) is 3.51. The van der Waals surface area contributed by atoms with Gasteiger partial charge >= 0.3 is 11.9 Å². The van der Waals surface area contributed by atoms with Gasteiger partial charge in [-0.3, -0.25) is 14.9 Å². The summed E-state index contributed by atoms with van der Waals surface area (Å²) in [5.74, 6) is -1.71. The molecule has 2 N–H and O–H groups in total. The van der Waals surface area contributed by atoms with E-state index >= 15 is 0 Å². The number of likely N-dealkylation sites (tertiary alicyclic amines) is 1. The highest BCUT2D eigenvalue weighted by molar-refractivity contribution is 5.88. The van der Waals surface area contributed by atoms with E-state index in [4.69, 9.17) is 4.74 Å². The summed E-state index contributed by atoms with van der Waals surface area (Å²) >= 11 is 0. The fraction of sp³-hybridized carbons (Fsp3) is 0.591. The first kappa shape index (κ1) is 22.9. The molecule has 1 fully saturated rings. The molecule has 1 saturated heterocycles. The summed E-state index contributed by atoms with van der Waals surface area (Å²) in [5.41, 5.74) is 0.452. The average Bonchev–Trinajstić information content (AvgIpc) is 3.13. The van der Waals surface area contributed by atoms with E-state index in [1.165, 1.54) is 4.90 Å². The second-order valence-electron chi connectivity index (χ2n) is 8.53. The second-order valence-corrected chi connectivity index (χ2v) is 8.53. The van der Waals surface area contributed by atoms with E-state index in [1.807, 2.05) is 30.3 Å². The predicted molar refractivity (Wildman–Crippen MR) is 109 cm³/mol. The Morgan fingerprint density at radius 1 is 1.24 bits per heavy atom. The maximum absolute atomic E-state index is 12.8. The Kier molecular flexibility index (Phi) is 7.79. The summed E-state index contributed by atoms with van der Waals surface area (Å²) in [6.07, 6.45) is 2.25. The lowest BCUT2D eigenvalue weighted by Gasteiger charge is -2.29. The smallest absolute Gasteiger partial charge is 0.326 e. The van der Waals surface area contributed by atoms with Crippen LogP contribution in [0.5, 0.6) is 0 Å². The van der Waals surface area contributed by atoms with Crippen LogP contribution in [-0.4, -0.2) is 58.1 Å². The number of hydrogen-bond donors (Lipinski definition) is 2. The number of nitrogens with one attached hydrogen (secondary N) is 1. The van der Waals surface area contributed by atoms with Crippen LogP contribution in [0.2, 0.25) is 0 Å². The molecule has 0 aliphatic carbocycles. The van der Waals surface area contributed by atoms with E-state index in [9.17, 15) is 19.5 Å². The minimum atomic E-state index is -0.990. The lowest BCUT2D eigenvalue weighted by atomic mass is 10.0. The molecular formula is C22H32N2O5. The van der Waals surface area contributed by atoms with Gasteiger partial charge in [-0.25, -0.2) is 4.79 Å². The van der Waals surface area contributed by atoms with Crippen molar-refractivity contribution in [1.82, 2.24) is 10.2 Å². The highest BCUT2D eigenvalue weighted by atomic mass is 16.6. The van der Waals surface area contributed by atoms with Crippen LogP contribution in [0, 0.1) is 0 Å². The zero-order valence-electron chi connectivity index (χ0n) is 17.7. The molecule has 1 aromatic rings. The van der Waals surface area contributed by atoms with Gasteiger partial charge in [-0.05, 0) is 58.9 Å². The number of aliphatic carboxylic acids is 1. The number of aryl methyl sites for hydroxylation is 1. The molecule has 3 atom stereocenters.